The first kappa shape index (κ1) is 19.9. The van der Waals surface area contributed by atoms with Crippen molar-refractivity contribution in [3.05, 3.63) is 50.1 Å². The number of aliphatic hydroxyl groups is 2. The molecule has 28 heavy (non-hydrogen) atoms. The highest BCUT2D eigenvalue weighted by Gasteiger charge is 2.20. The minimum atomic E-state index is -1.00. The minimum absolute atomic E-state index is 0.0317. The Morgan fingerprint density at radius 1 is 1.36 bits per heavy atom. The van der Waals surface area contributed by atoms with Gasteiger partial charge in [0.25, 0.3) is 5.56 Å². The summed E-state index contributed by atoms with van der Waals surface area (Å²) in [5.41, 5.74) is -0.937. The lowest BCUT2D eigenvalue weighted by molar-refractivity contribution is 0.0938. The molecule has 0 fully saturated rings. The molecule has 4 N–H and O–H groups in total. The Morgan fingerprint density at radius 2 is 2.11 bits per heavy atom. The van der Waals surface area contributed by atoms with Crippen LogP contribution >= 0.6 is 11.6 Å². The number of imidazole rings is 1. The van der Waals surface area contributed by atoms with Gasteiger partial charge in [0, 0.05) is 13.6 Å². The number of ether oxygens (including phenoxy) is 1. The summed E-state index contributed by atoms with van der Waals surface area (Å²) in [7, 11) is 1.48. The van der Waals surface area contributed by atoms with Gasteiger partial charge in [0.1, 0.15) is 18.5 Å². The van der Waals surface area contributed by atoms with E-state index in [2.05, 4.69) is 15.3 Å². The van der Waals surface area contributed by atoms with Crippen LogP contribution in [-0.2, 0) is 13.6 Å². The lowest BCUT2D eigenvalue weighted by Crippen LogP contribution is -2.31. The van der Waals surface area contributed by atoms with Gasteiger partial charge < -0.3 is 24.8 Å². The molecule has 0 saturated carbocycles. The molecule has 0 aliphatic heterocycles. The van der Waals surface area contributed by atoms with Gasteiger partial charge in [0.15, 0.2) is 11.2 Å². The molecule has 11 heteroatoms. The Labute approximate surface area is 164 Å². The normalized spacial score (nSPS) is 12.3. The zero-order valence-electron chi connectivity index (χ0n) is 15.1. The highest BCUT2D eigenvalue weighted by atomic mass is 35.5. The van der Waals surface area contributed by atoms with Crippen molar-refractivity contribution in [3.63, 3.8) is 0 Å². The van der Waals surface area contributed by atoms with E-state index in [0.29, 0.717) is 10.8 Å². The molecule has 3 aromatic rings. The summed E-state index contributed by atoms with van der Waals surface area (Å²) >= 11 is 6.03. The van der Waals surface area contributed by atoms with Crippen LogP contribution in [0.3, 0.4) is 0 Å². The van der Waals surface area contributed by atoms with E-state index in [0.717, 1.165) is 0 Å². The number of nitrogens with one attached hydrogen (secondary N) is 2. The average Bonchev–Trinajstić information content (AvgIpc) is 3.02. The van der Waals surface area contributed by atoms with Gasteiger partial charge in [0.2, 0.25) is 5.95 Å². The molecule has 1 atom stereocenters. The van der Waals surface area contributed by atoms with Crippen molar-refractivity contribution in [3.8, 4) is 5.75 Å². The van der Waals surface area contributed by atoms with Gasteiger partial charge in [-0.3, -0.25) is 14.3 Å². The largest absolute Gasteiger partial charge is 0.489 e. The summed E-state index contributed by atoms with van der Waals surface area (Å²) < 4.78 is 8.18. The molecule has 0 radical (unpaired) electrons. The van der Waals surface area contributed by atoms with Crippen LogP contribution in [0.1, 0.15) is 0 Å². The molecular formula is C17H20ClN5O5. The topological polar surface area (TPSA) is 134 Å². The number of aliphatic hydroxyl groups excluding tert-OH is 2. The van der Waals surface area contributed by atoms with E-state index in [-0.39, 0.29) is 43.4 Å². The summed E-state index contributed by atoms with van der Waals surface area (Å²) in [6.07, 6.45) is -1.00. The molecule has 0 saturated heterocycles. The first-order valence-corrected chi connectivity index (χ1v) is 8.89. The highest BCUT2D eigenvalue weighted by Crippen LogP contribution is 2.23. The van der Waals surface area contributed by atoms with Crippen LogP contribution in [0.25, 0.3) is 11.2 Å². The van der Waals surface area contributed by atoms with Gasteiger partial charge in [-0.1, -0.05) is 23.7 Å². The van der Waals surface area contributed by atoms with Crippen LogP contribution in [0, 0.1) is 0 Å². The van der Waals surface area contributed by atoms with Crippen molar-refractivity contribution in [1.82, 2.24) is 19.1 Å². The molecule has 0 aliphatic rings. The monoisotopic (exact) mass is 409 g/mol. The number of benzene rings is 1. The molecule has 3 rings (SSSR count). The van der Waals surface area contributed by atoms with Crippen LogP contribution in [0.4, 0.5) is 5.95 Å². The van der Waals surface area contributed by atoms with E-state index in [9.17, 15) is 14.7 Å². The van der Waals surface area contributed by atoms with Crippen LogP contribution in [-0.4, -0.2) is 55.2 Å². The number of hydrogen-bond donors (Lipinski definition) is 4. The van der Waals surface area contributed by atoms with Crippen molar-refractivity contribution in [2.24, 2.45) is 7.05 Å². The fraction of sp³-hybridized carbons (Fsp3) is 0.353. The van der Waals surface area contributed by atoms with E-state index in [1.54, 1.807) is 24.3 Å². The average molecular weight is 410 g/mol. The number of aryl methyl sites for hydroxylation is 1. The maximum absolute atomic E-state index is 12.3. The maximum Gasteiger partial charge on any atom is 0.329 e. The smallest absolute Gasteiger partial charge is 0.329 e. The number of aromatic amines is 1. The number of H-pyrrole nitrogens is 1. The number of nitrogens with zero attached hydrogens (tertiary/aromatic N) is 3. The molecule has 2 heterocycles. The Kier molecular flexibility index (Phi) is 6.02. The quantitative estimate of drug-likeness (QED) is 0.408. The molecule has 1 aromatic carbocycles. The predicted octanol–water partition coefficient (Wildman–Crippen LogP) is -0.0792. The second kappa shape index (κ2) is 8.46. The number of aromatic nitrogens is 4. The zero-order chi connectivity index (χ0) is 20.3. The molecule has 0 amide bonds. The first-order valence-electron chi connectivity index (χ1n) is 8.52. The fourth-order valence-electron chi connectivity index (χ4n) is 2.73. The molecule has 0 aliphatic carbocycles. The van der Waals surface area contributed by atoms with Crippen molar-refractivity contribution in [2.75, 3.05) is 25.1 Å². The number of rotatable bonds is 8. The van der Waals surface area contributed by atoms with E-state index >= 15 is 0 Å². The van der Waals surface area contributed by atoms with Crippen molar-refractivity contribution in [2.45, 2.75) is 12.6 Å². The number of para-hydroxylation sites is 1. The molecule has 0 bridgehead atoms. The Balaban J connectivity index is 1.90. The van der Waals surface area contributed by atoms with Gasteiger partial charge in [-0.25, -0.2) is 4.79 Å². The van der Waals surface area contributed by atoms with Crippen LogP contribution in [0.15, 0.2) is 33.9 Å². The highest BCUT2D eigenvalue weighted by molar-refractivity contribution is 6.32. The lowest BCUT2D eigenvalue weighted by atomic mass is 10.3. The second-order valence-electron chi connectivity index (χ2n) is 6.08. The number of hydrogen-bond acceptors (Lipinski definition) is 7. The van der Waals surface area contributed by atoms with Crippen molar-refractivity contribution < 1.29 is 14.9 Å². The number of anilines is 1. The van der Waals surface area contributed by atoms with E-state index in [1.165, 1.54) is 16.2 Å². The summed E-state index contributed by atoms with van der Waals surface area (Å²) in [6, 6.07) is 6.87. The van der Waals surface area contributed by atoms with Gasteiger partial charge in [-0.2, -0.15) is 4.98 Å². The minimum Gasteiger partial charge on any atom is -0.489 e. The number of fused-ring (bicyclic) bond motifs is 1. The summed E-state index contributed by atoms with van der Waals surface area (Å²) in [5.74, 6) is 0.671. The Bertz CT molecular complexity index is 1090. The van der Waals surface area contributed by atoms with Crippen LogP contribution < -0.4 is 21.3 Å². The second-order valence-corrected chi connectivity index (χ2v) is 6.49. The standard InChI is InChI=1S/C17H20ClN5O5/c1-22-14-13(15(26)21-17(22)27)23(16(20-14)19-6-7-24)8-10(25)9-28-12-5-3-2-4-11(12)18/h2-5,10,24-25H,6-9H2,1H3,(H,19,20)(H,21,26,27). The fourth-order valence-corrected chi connectivity index (χ4v) is 2.92. The maximum atomic E-state index is 12.3. The lowest BCUT2D eigenvalue weighted by Gasteiger charge is -2.16. The Morgan fingerprint density at radius 3 is 2.82 bits per heavy atom. The molecule has 0 spiro atoms. The molecular weight excluding hydrogens is 390 g/mol. The van der Waals surface area contributed by atoms with E-state index in [1.807, 2.05) is 0 Å². The van der Waals surface area contributed by atoms with Crippen LogP contribution in [0.5, 0.6) is 5.75 Å². The first-order chi connectivity index (χ1) is 13.4. The third-order valence-corrected chi connectivity index (χ3v) is 4.38. The van der Waals surface area contributed by atoms with Gasteiger partial charge in [-0.05, 0) is 12.1 Å². The van der Waals surface area contributed by atoms with E-state index in [4.69, 9.17) is 21.4 Å². The molecule has 10 nitrogen and oxygen atoms in total. The van der Waals surface area contributed by atoms with E-state index < -0.39 is 17.4 Å². The SMILES string of the molecule is Cn1c(=O)[nH]c(=O)c2c1nc(NCCO)n2CC(O)COc1ccccc1Cl. The predicted molar refractivity (Wildman–Crippen MR) is 104 cm³/mol. The summed E-state index contributed by atoms with van der Waals surface area (Å²) in [5, 5.41) is 22.8. The third kappa shape index (κ3) is 4.03. The molecule has 150 valence electrons. The van der Waals surface area contributed by atoms with Gasteiger partial charge in [0.05, 0.1) is 18.2 Å². The van der Waals surface area contributed by atoms with Crippen molar-refractivity contribution in [1.29, 1.82) is 0 Å². The van der Waals surface area contributed by atoms with Gasteiger partial charge >= 0.3 is 5.69 Å². The summed E-state index contributed by atoms with van der Waals surface area (Å²) in [4.78, 5) is 30.6. The van der Waals surface area contributed by atoms with Crippen molar-refractivity contribution >= 4 is 28.7 Å². The molecule has 2 aromatic heterocycles. The number of halogens is 1. The van der Waals surface area contributed by atoms with Gasteiger partial charge in [-0.15, -0.1) is 0 Å². The zero-order valence-corrected chi connectivity index (χ0v) is 15.8. The van der Waals surface area contributed by atoms with Crippen LogP contribution in [0.2, 0.25) is 5.02 Å². The molecule has 1 unspecified atom stereocenters. The third-order valence-electron chi connectivity index (χ3n) is 4.06. The summed E-state index contributed by atoms with van der Waals surface area (Å²) in [6.45, 7) is -0.0828. The Hall–Kier alpha value is -2.82.